The summed E-state index contributed by atoms with van der Waals surface area (Å²) in [5.41, 5.74) is 13.7. The third kappa shape index (κ3) is 7.02. The maximum Gasteiger partial charge on any atom is 0.494 e. The maximum atomic E-state index is 6.77. The van der Waals surface area contributed by atoms with Crippen LogP contribution in [0, 0.1) is 0 Å². The maximum absolute atomic E-state index is 6.77. The first-order valence-electron chi connectivity index (χ1n) is 30.2. The summed E-state index contributed by atoms with van der Waals surface area (Å²) in [6.07, 6.45) is 0. The Kier molecular flexibility index (Phi) is 10.1. The number of furan rings is 2. The summed E-state index contributed by atoms with van der Waals surface area (Å²) in [6.45, 7) is 8.44. The summed E-state index contributed by atoms with van der Waals surface area (Å²) in [7, 11) is -0.558. The van der Waals surface area contributed by atoms with Gasteiger partial charge in [-0.05, 0) is 175 Å². The summed E-state index contributed by atoms with van der Waals surface area (Å²) >= 11 is 0. The first kappa shape index (κ1) is 49.5. The largest absolute Gasteiger partial charge is 0.494 e. The van der Waals surface area contributed by atoms with Gasteiger partial charge in [-0.1, -0.05) is 182 Å². The Hall–Kier alpha value is -10.7. The highest BCUT2D eigenvalue weighted by Crippen LogP contribution is 2.49. The first-order valence-corrected chi connectivity index (χ1v) is 30.2. The molecule has 4 aromatic heterocycles. The quantitative estimate of drug-likeness (QED) is 0.116. The smallest absolute Gasteiger partial charge is 0.456 e. The molecule has 1 aliphatic rings. The highest BCUT2D eigenvalue weighted by molar-refractivity contribution is 6.63. The fourth-order valence-corrected chi connectivity index (χ4v) is 14.6. The minimum atomic E-state index is -0.558. The number of hydrogen-bond donors (Lipinski definition) is 0. The molecule has 14 aromatic carbocycles. The van der Waals surface area contributed by atoms with E-state index in [0.29, 0.717) is 17.6 Å². The standard InChI is InChI=1S/C79H51BN4O4/c1-78(2)79(3,4)88-80(87-78)51-42-59(69-57-27-16-32-67-74(57)72-54(61(69)43-51)25-14-30-65(72)86-67)47-35-33-44(34-36-47)48-20-12-21-49(39-48)75-81-76(83-77(82-75)84-62-28-11-10-23-55(62)70-52-22-9-8-19-46(52)37-38-63(70)84)50-40-58(45-17-6-5-7-18-45)68-56-26-15-31-66-73(56)71-53(60(68)41-50)24-13-29-64(71)85-66/h5-43H,1-4H3. The number of hydrogen-bond acceptors (Lipinski definition) is 7. The van der Waals surface area contributed by atoms with Crippen LogP contribution < -0.4 is 5.46 Å². The molecule has 1 fully saturated rings. The molecule has 0 atom stereocenters. The second kappa shape index (κ2) is 17.9. The number of nitrogens with zero attached hydrogens (tertiary/aromatic N) is 4. The van der Waals surface area contributed by atoms with Gasteiger partial charge in [-0.25, -0.2) is 4.98 Å². The Morgan fingerprint density at radius 1 is 0.318 bits per heavy atom. The average Bonchev–Trinajstić information content (AvgIpc) is 1.45. The van der Waals surface area contributed by atoms with E-state index in [-0.39, 0.29) is 0 Å². The lowest BCUT2D eigenvalue weighted by molar-refractivity contribution is 0.00578. The predicted octanol–water partition coefficient (Wildman–Crippen LogP) is 20.0. The molecule has 0 N–H and O–H groups in total. The van der Waals surface area contributed by atoms with Gasteiger partial charge < -0.3 is 18.1 Å². The van der Waals surface area contributed by atoms with Crippen LogP contribution in [-0.4, -0.2) is 37.8 Å². The van der Waals surface area contributed by atoms with Crippen molar-refractivity contribution in [2.24, 2.45) is 0 Å². The fraction of sp³-hybridized carbons (Fsp3) is 0.0759. The molecule has 0 amide bonds. The molecule has 0 unspecified atom stereocenters. The van der Waals surface area contributed by atoms with Crippen LogP contribution in [0.5, 0.6) is 0 Å². The fourth-order valence-electron chi connectivity index (χ4n) is 14.6. The normalized spacial score (nSPS) is 14.4. The van der Waals surface area contributed by atoms with Gasteiger partial charge in [0.05, 0.1) is 22.2 Å². The number of fused-ring (bicyclic) bond motifs is 11. The summed E-state index contributed by atoms with van der Waals surface area (Å²) in [5.74, 6) is 1.65. The van der Waals surface area contributed by atoms with Gasteiger partial charge in [-0.2, -0.15) is 9.97 Å². The second-order valence-corrected chi connectivity index (χ2v) is 24.8. The zero-order valence-corrected chi connectivity index (χ0v) is 48.5. The molecule has 414 valence electrons. The van der Waals surface area contributed by atoms with E-state index in [1.165, 1.54) is 10.8 Å². The Balaban J connectivity index is 0.809. The highest BCUT2D eigenvalue weighted by atomic mass is 16.7. The summed E-state index contributed by atoms with van der Waals surface area (Å²) < 4.78 is 28.9. The molecule has 19 rings (SSSR count). The Labute approximate surface area is 504 Å². The molecule has 0 saturated carbocycles. The van der Waals surface area contributed by atoms with Gasteiger partial charge in [0.1, 0.15) is 22.3 Å². The first-order chi connectivity index (χ1) is 43.1. The van der Waals surface area contributed by atoms with Crippen molar-refractivity contribution >= 4 is 132 Å². The van der Waals surface area contributed by atoms with E-state index in [1.54, 1.807) is 0 Å². The molecule has 1 aliphatic heterocycles. The van der Waals surface area contributed by atoms with E-state index < -0.39 is 18.3 Å². The lowest BCUT2D eigenvalue weighted by Gasteiger charge is -2.32. The molecule has 0 spiro atoms. The van der Waals surface area contributed by atoms with Gasteiger partial charge in [0.15, 0.2) is 11.6 Å². The topological polar surface area (TPSA) is 88.3 Å². The van der Waals surface area contributed by atoms with E-state index >= 15 is 0 Å². The third-order valence-corrected chi connectivity index (χ3v) is 19.4. The Morgan fingerprint density at radius 2 is 0.818 bits per heavy atom. The van der Waals surface area contributed by atoms with Gasteiger partial charge in [-0.15, -0.1) is 0 Å². The lowest BCUT2D eigenvalue weighted by atomic mass is 9.75. The van der Waals surface area contributed by atoms with Crippen LogP contribution in [0.3, 0.4) is 0 Å². The van der Waals surface area contributed by atoms with Crippen molar-refractivity contribution in [2.45, 2.75) is 38.9 Å². The van der Waals surface area contributed by atoms with Crippen molar-refractivity contribution in [1.82, 2.24) is 19.5 Å². The second-order valence-electron chi connectivity index (χ2n) is 24.8. The van der Waals surface area contributed by atoms with E-state index in [0.717, 1.165) is 159 Å². The number of benzene rings is 14. The number of para-hydroxylation sites is 1. The zero-order chi connectivity index (χ0) is 58.3. The van der Waals surface area contributed by atoms with Crippen LogP contribution in [0.1, 0.15) is 27.7 Å². The van der Waals surface area contributed by atoms with Crippen molar-refractivity contribution in [3.8, 4) is 62.1 Å². The lowest BCUT2D eigenvalue weighted by Crippen LogP contribution is -2.41. The molecule has 1 saturated heterocycles. The van der Waals surface area contributed by atoms with E-state index in [4.69, 9.17) is 33.1 Å². The average molecular weight is 1130 g/mol. The molecule has 9 heteroatoms. The van der Waals surface area contributed by atoms with Crippen LogP contribution in [0.4, 0.5) is 0 Å². The summed E-state index contributed by atoms with van der Waals surface area (Å²) in [6, 6.07) is 84.5. The zero-order valence-electron chi connectivity index (χ0n) is 48.5. The Morgan fingerprint density at radius 3 is 1.49 bits per heavy atom. The van der Waals surface area contributed by atoms with Gasteiger partial charge in [0, 0.05) is 43.4 Å². The van der Waals surface area contributed by atoms with Crippen molar-refractivity contribution in [1.29, 1.82) is 0 Å². The molecule has 88 heavy (non-hydrogen) atoms. The highest BCUT2D eigenvalue weighted by Gasteiger charge is 2.52. The monoisotopic (exact) mass is 1130 g/mol. The minimum Gasteiger partial charge on any atom is -0.456 e. The van der Waals surface area contributed by atoms with Gasteiger partial charge in [-0.3, -0.25) is 4.57 Å². The van der Waals surface area contributed by atoms with Crippen LogP contribution in [0.25, 0.3) is 182 Å². The number of aromatic nitrogens is 4. The molecule has 8 nitrogen and oxygen atoms in total. The third-order valence-electron chi connectivity index (χ3n) is 19.4. The van der Waals surface area contributed by atoms with Crippen LogP contribution in [0.2, 0.25) is 0 Å². The SMILES string of the molecule is CC1(C)OB(c2cc(-c3ccc(-c4cccc(-c5nc(-c6cc(-c7ccccc7)c7c(c6)c6cccc8oc9cccc7c9c86)nc(-n6c7ccccc7c7c8ccccc8ccc76)n5)c4)cc3)c3c(c2)c2cccc4oc5cccc3c5c42)OC1(C)C. The van der Waals surface area contributed by atoms with Crippen LogP contribution in [-0.2, 0) is 9.31 Å². The molecule has 0 radical (unpaired) electrons. The molecule has 18 aromatic rings. The minimum absolute atomic E-state index is 0.511. The molecule has 5 heterocycles. The summed E-state index contributed by atoms with van der Waals surface area (Å²) in [4.78, 5) is 16.7. The Bertz CT molecular complexity index is 5940. The van der Waals surface area contributed by atoms with E-state index in [1.807, 2.05) is 0 Å². The van der Waals surface area contributed by atoms with E-state index in [9.17, 15) is 0 Å². The van der Waals surface area contributed by atoms with Crippen molar-refractivity contribution in [3.63, 3.8) is 0 Å². The molecular weight excluding hydrogens is 1080 g/mol. The van der Waals surface area contributed by atoms with E-state index in [2.05, 4.69) is 269 Å². The predicted molar refractivity (Wildman–Crippen MR) is 362 cm³/mol. The molecular formula is C79H51BN4O4. The summed E-state index contributed by atoms with van der Waals surface area (Å²) in [5, 5.41) is 18.3. The molecule has 0 bridgehead atoms. The van der Waals surface area contributed by atoms with Crippen molar-refractivity contribution in [3.05, 3.63) is 237 Å². The van der Waals surface area contributed by atoms with Crippen LogP contribution in [0.15, 0.2) is 245 Å². The van der Waals surface area contributed by atoms with Gasteiger partial charge >= 0.3 is 7.12 Å². The van der Waals surface area contributed by atoms with Crippen LogP contribution >= 0.6 is 0 Å². The van der Waals surface area contributed by atoms with Gasteiger partial charge in [0.25, 0.3) is 0 Å². The van der Waals surface area contributed by atoms with Crippen molar-refractivity contribution in [2.75, 3.05) is 0 Å². The molecule has 0 aliphatic carbocycles. The van der Waals surface area contributed by atoms with Crippen molar-refractivity contribution < 1.29 is 18.1 Å². The number of rotatable bonds is 7. The van der Waals surface area contributed by atoms with Gasteiger partial charge in [0.2, 0.25) is 5.95 Å².